The normalized spacial score (nSPS) is 10.1. The van der Waals surface area contributed by atoms with E-state index in [1.807, 2.05) is 0 Å². The van der Waals surface area contributed by atoms with E-state index in [-0.39, 0.29) is 11.5 Å². The maximum atomic E-state index is 11.1. The minimum atomic E-state index is -0.329. The third-order valence-electron chi connectivity index (χ3n) is 1.23. The Kier molecular flexibility index (Phi) is 3.68. The molecule has 0 spiro atoms. The van der Waals surface area contributed by atoms with Crippen molar-refractivity contribution in [2.75, 3.05) is 7.05 Å². The summed E-state index contributed by atoms with van der Waals surface area (Å²) in [4.78, 5) is 12.4. The number of nitrogens with zero attached hydrogens (tertiary/aromatic N) is 2. The van der Waals surface area contributed by atoms with Gasteiger partial charge in [0.15, 0.2) is 0 Å². The van der Waals surface area contributed by atoms with Gasteiger partial charge in [0, 0.05) is 7.05 Å². The standard InChI is InChI=1S/C8H10N2O/c1-4-7(6-9)8(11)10(3)5-2/h4-5H,2H2,1,3H3/b7-4-. The number of hydrogen-bond donors (Lipinski definition) is 0. The van der Waals surface area contributed by atoms with Gasteiger partial charge in [-0.05, 0) is 13.1 Å². The van der Waals surface area contributed by atoms with Gasteiger partial charge in [-0.2, -0.15) is 5.26 Å². The summed E-state index contributed by atoms with van der Waals surface area (Å²) in [5.41, 5.74) is 0.132. The van der Waals surface area contributed by atoms with Crippen LogP contribution in [0.4, 0.5) is 0 Å². The third-order valence-corrected chi connectivity index (χ3v) is 1.23. The number of likely N-dealkylation sites (N-methyl/N-ethyl adjacent to an activating group) is 1. The third kappa shape index (κ3) is 2.26. The number of rotatable bonds is 2. The summed E-state index contributed by atoms with van der Waals surface area (Å²) in [7, 11) is 1.55. The largest absolute Gasteiger partial charge is 0.318 e. The summed E-state index contributed by atoms with van der Waals surface area (Å²) in [6.45, 7) is 5.05. The monoisotopic (exact) mass is 150 g/mol. The molecule has 11 heavy (non-hydrogen) atoms. The Morgan fingerprint density at radius 3 is 2.55 bits per heavy atom. The molecule has 3 heteroatoms. The highest BCUT2D eigenvalue weighted by atomic mass is 16.2. The second-order valence-corrected chi connectivity index (χ2v) is 1.91. The number of nitriles is 1. The van der Waals surface area contributed by atoms with Crippen molar-refractivity contribution in [2.45, 2.75) is 6.92 Å². The van der Waals surface area contributed by atoms with Crippen LogP contribution in [0, 0.1) is 11.3 Å². The van der Waals surface area contributed by atoms with E-state index < -0.39 is 0 Å². The molecule has 0 bridgehead atoms. The minimum Gasteiger partial charge on any atom is -0.318 e. The Labute approximate surface area is 66.2 Å². The van der Waals surface area contributed by atoms with Crippen LogP contribution in [-0.2, 0) is 4.79 Å². The Hall–Kier alpha value is -1.56. The molecule has 3 nitrogen and oxygen atoms in total. The minimum absolute atomic E-state index is 0.132. The molecule has 0 aromatic heterocycles. The lowest BCUT2D eigenvalue weighted by molar-refractivity contribution is -0.123. The number of allylic oxidation sites excluding steroid dienone is 1. The number of hydrogen-bond acceptors (Lipinski definition) is 2. The molecule has 0 saturated heterocycles. The second kappa shape index (κ2) is 4.29. The highest BCUT2D eigenvalue weighted by Gasteiger charge is 2.09. The molecule has 1 amide bonds. The van der Waals surface area contributed by atoms with Crippen LogP contribution >= 0.6 is 0 Å². The molecule has 0 fully saturated rings. The van der Waals surface area contributed by atoms with Gasteiger partial charge in [0.2, 0.25) is 0 Å². The molecule has 0 rings (SSSR count). The van der Waals surface area contributed by atoms with Crippen LogP contribution in [0.2, 0.25) is 0 Å². The van der Waals surface area contributed by atoms with Crippen LogP contribution in [0.25, 0.3) is 0 Å². The zero-order chi connectivity index (χ0) is 8.85. The average molecular weight is 150 g/mol. The van der Waals surface area contributed by atoms with Crippen LogP contribution in [0.1, 0.15) is 6.92 Å². The molecule has 0 aliphatic heterocycles. The van der Waals surface area contributed by atoms with E-state index in [2.05, 4.69) is 6.58 Å². The van der Waals surface area contributed by atoms with Gasteiger partial charge in [0.25, 0.3) is 5.91 Å². The predicted octanol–water partition coefficient (Wildman–Crippen LogP) is 1.06. The fourth-order valence-corrected chi connectivity index (χ4v) is 0.509. The molecule has 0 saturated carbocycles. The first-order valence-corrected chi connectivity index (χ1v) is 3.13. The molecule has 0 radical (unpaired) electrons. The van der Waals surface area contributed by atoms with Crippen LogP contribution in [0.3, 0.4) is 0 Å². The van der Waals surface area contributed by atoms with Gasteiger partial charge >= 0.3 is 0 Å². The van der Waals surface area contributed by atoms with Crippen LogP contribution < -0.4 is 0 Å². The van der Waals surface area contributed by atoms with E-state index >= 15 is 0 Å². The molecular weight excluding hydrogens is 140 g/mol. The summed E-state index contributed by atoms with van der Waals surface area (Å²) in [6, 6.07) is 1.79. The van der Waals surface area contributed by atoms with Crippen molar-refractivity contribution in [3.63, 3.8) is 0 Å². The Bertz CT molecular complexity index is 235. The van der Waals surface area contributed by atoms with Gasteiger partial charge in [-0.15, -0.1) is 0 Å². The smallest absolute Gasteiger partial charge is 0.267 e. The molecule has 0 aromatic carbocycles. The van der Waals surface area contributed by atoms with Crippen molar-refractivity contribution in [1.29, 1.82) is 5.26 Å². The topological polar surface area (TPSA) is 44.1 Å². The van der Waals surface area contributed by atoms with Crippen molar-refractivity contribution in [1.82, 2.24) is 4.90 Å². The van der Waals surface area contributed by atoms with Crippen molar-refractivity contribution in [3.05, 3.63) is 24.4 Å². The van der Waals surface area contributed by atoms with Gasteiger partial charge in [-0.1, -0.05) is 12.7 Å². The fraction of sp³-hybridized carbons (Fsp3) is 0.250. The Balaban J connectivity index is 4.50. The number of amides is 1. The lowest BCUT2D eigenvalue weighted by atomic mass is 10.2. The molecule has 0 aliphatic carbocycles. The average Bonchev–Trinajstić information content (AvgIpc) is 2.05. The van der Waals surface area contributed by atoms with E-state index in [1.165, 1.54) is 17.2 Å². The van der Waals surface area contributed by atoms with Crippen LogP contribution in [0.15, 0.2) is 24.4 Å². The molecule has 0 N–H and O–H groups in total. The first kappa shape index (κ1) is 9.44. The quantitative estimate of drug-likeness (QED) is 0.436. The second-order valence-electron chi connectivity index (χ2n) is 1.91. The summed E-state index contributed by atoms with van der Waals surface area (Å²) < 4.78 is 0. The van der Waals surface area contributed by atoms with E-state index in [1.54, 1.807) is 20.0 Å². The molecule has 0 heterocycles. The summed E-state index contributed by atoms with van der Waals surface area (Å²) >= 11 is 0. The van der Waals surface area contributed by atoms with Crippen molar-refractivity contribution in [3.8, 4) is 6.07 Å². The summed E-state index contributed by atoms with van der Waals surface area (Å²) in [6.07, 6.45) is 2.84. The summed E-state index contributed by atoms with van der Waals surface area (Å²) in [5.74, 6) is -0.329. The van der Waals surface area contributed by atoms with Gasteiger partial charge in [-0.25, -0.2) is 0 Å². The zero-order valence-corrected chi connectivity index (χ0v) is 6.66. The lowest BCUT2D eigenvalue weighted by Gasteiger charge is -2.08. The van der Waals surface area contributed by atoms with Crippen molar-refractivity contribution >= 4 is 5.91 Å². The van der Waals surface area contributed by atoms with Gasteiger partial charge in [0.05, 0.1) is 0 Å². The molecule has 0 aliphatic rings. The van der Waals surface area contributed by atoms with Crippen LogP contribution in [-0.4, -0.2) is 17.9 Å². The highest BCUT2D eigenvalue weighted by molar-refractivity contribution is 5.97. The predicted molar refractivity (Wildman–Crippen MR) is 42.3 cm³/mol. The molecular formula is C8H10N2O. The van der Waals surface area contributed by atoms with Crippen LogP contribution in [0.5, 0.6) is 0 Å². The SMILES string of the molecule is C=CN(C)C(=O)/C(C#N)=C\C. The number of carbonyl (C=O) groups is 1. The summed E-state index contributed by atoms with van der Waals surface area (Å²) in [5, 5.41) is 8.44. The zero-order valence-electron chi connectivity index (χ0n) is 6.66. The molecule has 0 unspecified atom stereocenters. The van der Waals surface area contributed by atoms with Crippen molar-refractivity contribution < 1.29 is 4.79 Å². The maximum absolute atomic E-state index is 11.1. The van der Waals surface area contributed by atoms with E-state index in [9.17, 15) is 4.79 Å². The van der Waals surface area contributed by atoms with Gasteiger partial charge < -0.3 is 4.90 Å². The first-order chi connectivity index (χ1) is 5.17. The molecule has 0 atom stereocenters. The van der Waals surface area contributed by atoms with E-state index in [0.29, 0.717) is 0 Å². The van der Waals surface area contributed by atoms with Gasteiger partial charge in [0.1, 0.15) is 11.6 Å². The van der Waals surface area contributed by atoms with Crippen molar-refractivity contribution in [2.24, 2.45) is 0 Å². The molecule has 58 valence electrons. The molecule has 0 aromatic rings. The van der Waals surface area contributed by atoms with E-state index in [0.717, 1.165) is 0 Å². The fourth-order valence-electron chi connectivity index (χ4n) is 0.509. The Morgan fingerprint density at radius 1 is 1.73 bits per heavy atom. The van der Waals surface area contributed by atoms with E-state index in [4.69, 9.17) is 5.26 Å². The lowest BCUT2D eigenvalue weighted by Crippen LogP contribution is -2.21. The first-order valence-electron chi connectivity index (χ1n) is 3.13. The van der Waals surface area contributed by atoms with Gasteiger partial charge in [-0.3, -0.25) is 4.79 Å². The highest BCUT2D eigenvalue weighted by Crippen LogP contribution is 1.97. The maximum Gasteiger partial charge on any atom is 0.267 e. The number of carbonyl (C=O) groups excluding carboxylic acids is 1. The Morgan fingerprint density at radius 2 is 2.27 bits per heavy atom.